The Morgan fingerprint density at radius 2 is 1.89 bits per heavy atom. The average Bonchev–Trinajstić information content (AvgIpc) is 3.18. The highest BCUT2D eigenvalue weighted by Gasteiger charge is 2.49. The van der Waals surface area contributed by atoms with Crippen molar-refractivity contribution in [1.29, 1.82) is 0 Å². The number of hydrogen-bond donors (Lipinski definition) is 1. The van der Waals surface area contributed by atoms with Crippen LogP contribution in [0.5, 0.6) is 0 Å². The number of amides is 1. The van der Waals surface area contributed by atoms with Crippen molar-refractivity contribution < 1.29 is 29.0 Å². The van der Waals surface area contributed by atoms with E-state index in [4.69, 9.17) is 9.84 Å². The van der Waals surface area contributed by atoms with Gasteiger partial charge in [-0.1, -0.05) is 0 Å². The number of ether oxygens (including phenoxy) is 2. The number of rotatable bonds is 8. The fourth-order valence-electron chi connectivity index (χ4n) is 1.84. The predicted molar refractivity (Wildman–Crippen MR) is 64.3 cm³/mol. The summed E-state index contributed by atoms with van der Waals surface area (Å²) in [6, 6.07) is 0. The number of carboxylic acid groups (broad SMARTS) is 1. The zero-order valence-corrected chi connectivity index (χ0v) is 11.1. The molecule has 7 nitrogen and oxygen atoms in total. The summed E-state index contributed by atoms with van der Waals surface area (Å²) in [5, 5.41) is 8.82. The van der Waals surface area contributed by atoms with Crippen LogP contribution in [-0.2, 0) is 23.9 Å². The number of esters is 1. The van der Waals surface area contributed by atoms with E-state index in [-0.39, 0.29) is 18.9 Å². The predicted octanol–water partition coefficient (Wildman–Crippen LogP) is -0.255. The minimum Gasteiger partial charge on any atom is -0.481 e. The normalized spacial score (nSPS) is 20.7. The molecule has 0 aromatic rings. The molecule has 0 aromatic carbocycles. The fraction of sp³-hybridized carbons (Fsp3) is 0.750. The van der Waals surface area contributed by atoms with Gasteiger partial charge in [0, 0.05) is 20.2 Å². The highest BCUT2D eigenvalue weighted by Crippen LogP contribution is 2.40. The average molecular weight is 273 g/mol. The molecule has 108 valence electrons. The molecule has 1 aliphatic carbocycles. The molecule has 0 aliphatic heterocycles. The number of carboxylic acids is 1. The molecule has 0 radical (unpaired) electrons. The zero-order valence-electron chi connectivity index (χ0n) is 11.1. The molecule has 1 saturated carbocycles. The summed E-state index contributed by atoms with van der Waals surface area (Å²) in [4.78, 5) is 35.4. The third kappa shape index (κ3) is 4.51. The maximum atomic E-state index is 12.1. The smallest absolute Gasteiger partial charge is 0.307 e. The molecule has 0 spiro atoms. The largest absolute Gasteiger partial charge is 0.481 e. The Labute approximate surface area is 111 Å². The van der Waals surface area contributed by atoms with Crippen LogP contribution >= 0.6 is 0 Å². The van der Waals surface area contributed by atoms with Gasteiger partial charge in [-0.3, -0.25) is 14.4 Å². The second-order valence-corrected chi connectivity index (χ2v) is 4.43. The van der Waals surface area contributed by atoms with E-state index in [2.05, 4.69) is 4.74 Å². The minimum atomic E-state index is -0.946. The van der Waals surface area contributed by atoms with Gasteiger partial charge in [0.2, 0.25) is 5.91 Å². The van der Waals surface area contributed by atoms with Crippen molar-refractivity contribution in [2.24, 2.45) is 11.8 Å². The first-order valence-electron chi connectivity index (χ1n) is 6.08. The molecule has 2 atom stereocenters. The Bertz CT molecular complexity index is 356. The maximum absolute atomic E-state index is 12.1. The Balaban J connectivity index is 2.51. The van der Waals surface area contributed by atoms with Crippen LogP contribution in [0.2, 0.25) is 0 Å². The number of methoxy groups -OCH3 is 2. The van der Waals surface area contributed by atoms with E-state index in [0.29, 0.717) is 19.6 Å². The van der Waals surface area contributed by atoms with Gasteiger partial charge in [0.05, 0.1) is 32.0 Å². The summed E-state index contributed by atoms with van der Waals surface area (Å²) >= 11 is 0. The van der Waals surface area contributed by atoms with E-state index < -0.39 is 23.8 Å². The molecule has 1 N–H and O–H groups in total. The standard InChI is InChI=1S/C12H19NO6/c1-18-6-5-13(4-3-10(14)19-2)11(15)8-7-9(8)12(16)17/h8-9H,3-7H2,1-2H3,(H,16,17). The van der Waals surface area contributed by atoms with Gasteiger partial charge in [-0.15, -0.1) is 0 Å². The summed E-state index contributed by atoms with van der Waals surface area (Å²) in [6.07, 6.45) is 0.465. The van der Waals surface area contributed by atoms with Crippen LogP contribution in [0, 0.1) is 11.8 Å². The quantitative estimate of drug-likeness (QED) is 0.613. The van der Waals surface area contributed by atoms with Crippen molar-refractivity contribution in [3.63, 3.8) is 0 Å². The van der Waals surface area contributed by atoms with Crippen LogP contribution in [0.3, 0.4) is 0 Å². The number of carbonyl (C=O) groups excluding carboxylic acids is 2. The first-order valence-corrected chi connectivity index (χ1v) is 6.08. The van der Waals surface area contributed by atoms with Gasteiger partial charge in [0.25, 0.3) is 0 Å². The third-order valence-electron chi connectivity index (χ3n) is 3.12. The summed E-state index contributed by atoms with van der Waals surface area (Å²) in [7, 11) is 2.80. The second kappa shape index (κ2) is 7.08. The van der Waals surface area contributed by atoms with Crippen molar-refractivity contribution >= 4 is 17.8 Å². The second-order valence-electron chi connectivity index (χ2n) is 4.43. The van der Waals surface area contributed by atoms with E-state index in [1.54, 1.807) is 0 Å². The highest BCUT2D eigenvalue weighted by molar-refractivity contribution is 5.89. The molecular weight excluding hydrogens is 254 g/mol. The molecule has 7 heteroatoms. The number of aliphatic carboxylic acids is 1. The summed E-state index contributed by atoms with van der Waals surface area (Å²) in [6.45, 7) is 0.907. The van der Waals surface area contributed by atoms with Gasteiger partial charge in [0.1, 0.15) is 0 Å². The Hall–Kier alpha value is -1.63. The van der Waals surface area contributed by atoms with E-state index in [1.165, 1.54) is 19.1 Å². The number of hydrogen-bond acceptors (Lipinski definition) is 5. The summed E-state index contributed by atoms with van der Waals surface area (Å²) in [5.74, 6) is -2.63. The van der Waals surface area contributed by atoms with Crippen molar-refractivity contribution in [3.05, 3.63) is 0 Å². The van der Waals surface area contributed by atoms with Crippen LogP contribution in [-0.4, -0.2) is 61.8 Å². The zero-order chi connectivity index (χ0) is 14.4. The molecule has 1 amide bonds. The molecule has 1 aliphatic rings. The van der Waals surface area contributed by atoms with Gasteiger partial charge < -0.3 is 19.5 Å². The fourth-order valence-corrected chi connectivity index (χ4v) is 1.84. The van der Waals surface area contributed by atoms with Gasteiger partial charge in [-0.05, 0) is 6.42 Å². The van der Waals surface area contributed by atoms with Gasteiger partial charge in [-0.2, -0.15) is 0 Å². The van der Waals surface area contributed by atoms with E-state index in [9.17, 15) is 14.4 Å². The number of nitrogens with zero attached hydrogens (tertiary/aromatic N) is 1. The summed E-state index contributed by atoms with van der Waals surface area (Å²) < 4.78 is 9.42. The van der Waals surface area contributed by atoms with Crippen molar-refractivity contribution in [1.82, 2.24) is 4.90 Å². The SMILES string of the molecule is COCCN(CCC(=O)OC)C(=O)C1CC1C(=O)O. The van der Waals surface area contributed by atoms with Crippen LogP contribution in [0.1, 0.15) is 12.8 Å². The van der Waals surface area contributed by atoms with Crippen LogP contribution in [0.4, 0.5) is 0 Å². The molecule has 1 fully saturated rings. The molecule has 1 rings (SSSR count). The topological polar surface area (TPSA) is 93.1 Å². The lowest BCUT2D eigenvalue weighted by molar-refractivity contribution is -0.144. The lowest BCUT2D eigenvalue weighted by Crippen LogP contribution is -2.37. The Morgan fingerprint density at radius 3 is 2.37 bits per heavy atom. The molecule has 2 unspecified atom stereocenters. The molecule has 19 heavy (non-hydrogen) atoms. The van der Waals surface area contributed by atoms with Crippen molar-refractivity contribution in [2.45, 2.75) is 12.8 Å². The first-order chi connectivity index (χ1) is 9.01. The van der Waals surface area contributed by atoms with E-state index >= 15 is 0 Å². The van der Waals surface area contributed by atoms with Crippen molar-refractivity contribution in [3.8, 4) is 0 Å². The molecule has 0 aromatic heterocycles. The van der Waals surface area contributed by atoms with Gasteiger partial charge >= 0.3 is 11.9 Å². The van der Waals surface area contributed by atoms with E-state index in [0.717, 1.165) is 0 Å². The van der Waals surface area contributed by atoms with Crippen LogP contribution in [0.25, 0.3) is 0 Å². The van der Waals surface area contributed by atoms with Crippen LogP contribution in [0.15, 0.2) is 0 Å². The molecule has 0 bridgehead atoms. The Kier molecular flexibility index (Phi) is 5.75. The van der Waals surface area contributed by atoms with Crippen molar-refractivity contribution in [2.75, 3.05) is 33.9 Å². The maximum Gasteiger partial charge on any atom is 0.307 e. The van der Waals surface area contributed by atoms with Gasteiger partial charge in [-0.25, -0.2) is 0 Å². The first kappa shape index (κ1) is 15.4. The number of carbonyl (C=O) groups is 3. The van der Waals surface area contributed by atoms with Crippen LogP contribution < -0.4 is 0 Å². The monoisotopic (exact) mass is 273 g/mol. The molecule has 0 saturated heterocycles. The molecule has 0 heterocycles. The Morgan fingerprint density at radius 1 is 1.21 bits per heavy atom. The minimum absolute atomic E-state index is 0.0937. The highest BCUT2D eigenvalue weighted by atomic mass is 16.5. The lowest BCUT2D eigenvalue weighted by atomic mass is 10.2. The summed E-state index contributed by atoms with van der Waals surface area (Å²) in [5.41, 5.74) is 0. The van der Waals surface area contributed by atoms with E-state index in [1.807, 2.05) is 0 Å². The van der Waals surface area contributed by atoms with Gasteiger partial charge in [0.15, 0.2) is 0 Å². The lowest BCUT2D eigenvalue weighted by Gasteiger charge is -2.22. The molecular formula is C12H19NO6. The third-order valence-corrected chi connectivity index (χ3v) is 3.12.